The van der Waals surface area contributed by atoms with Crippen LogP contribution in [-0.4, -0.2) is 49.9 Å². The minimum Gasteiger partial charge on any atom is -0.508 e. The predicted molar refractivity (Wildman–Crippen MR) is 142 cm³/mol. The number of phenolic OH excluding ortho intramolecular Hbond substituents is 1. The fourth-order valence-electron chi connectivity index (χ4n) is 7.12. The molecule has 2 aromatic carbocycles. The molecule has 0 bridgehead atoms. The zero-order chi connectivity index (χ0) is 31.3. The average molecular weight is 643 g/mol. The van der Waals surface area contributed by atoms with E-state index in [4.69, 9.17) is 23.2 Å². The first kappa shape index (κ1) is 29.6. The zero-order valence-corrected chi connectivity index (χ0v) is 23.7. The molecule has 3 fully saturated rings. The van der Waals surface area contributed by atoms with Gasteiger partial charge in [0.25, 0.3) is 11.8 Å². The third-order valence-corrected chi connectivity index (χ3v) is 10.4. The largest absolute Gasteiger partial charge is 0.508 e. The number of likely N-dealkylation sites (tertiary alicyclic amines) is 1. The van der Waals surface area contributed by atoms with Crippen molar-refractivity contribution in [2.45, 2.75) is 41.9 Å². The Labute approximate surface area is 250 Å². The van der Waals surface area contributed by atoms with E-state index in [0.29, 0.717) is 12.0 Å². The molecule has 2 heterocycles. The number of fused-ring (bicyclic) bond motifs is 4. The second kappa shape index (κ2) is 9.75. The van der Waals surface area contributed by atoms with Crippen LogP contribution in [-0.2, 0) is 19.2 Å². The summed E-state index contributed by atoms with van der Waals surface area (Å²) in [6, 6.07) is 5.22. The fraction of sp³-hybridized carbons (Fsp3) is 0.379. The van der Waals surface area contributed by atoms with E-state index in [1.165, 1.54) is 24.3 Å². The third kappa shape index (κ3) is 3.65. The molecule has 2 aromatic rings. The second-order valence-corrected chi connectivity index (χ2v) is 12.4. The number of rotatable bonds is 4. The maximum Gasteiger partial charge on any atom is 0.258 e. The van der Waals surface area contributed by atoms with Gasteiger partial charge in [0.05, 0.1) is 11.8 Å². The van der Waals surface area contributed by atoms with Gasteiger partial charge in [-0.2, -0.15) is 0 Å². The summed E-state index contributed by atoms with van der Waals surface area (Å²) >= 11 is 14.0. The Bertz CT molecular complexity index is 1640. The predicted octanol–water partition coefficient (Wildman–Crippen LogP) is 5.06. The van der Waals surface area contributed by atoms with Crippen molar-refractivity contribution in [1.29, 1.82) is 0 Å². The molecule has 6 rings (SSSR count). The van der Waals surface area contributed by atoms with Crippen molar-refractivity contribution in [1.82, 2.24) is 4.90 Å². The molecule has 4 amide bonds. The molecular weight excluding hydrogens is 622 g/mol. The number of alkyl halides is 2. The highest BCUT2D eigenvalue weighted by molar-refractivity contribution is 6.58. The minimum absolute atomic E-state index is 0.0710. The van der Waals surface area contributed by atoms with Crippen LogP contribution < -0.4 is 4.90 Å². The SMILES string of the molecule is CCCN1C(=O)C2CC=C3C(CC4(Cl)C(=O)N(c5c(F)c(F)c(F)c(F)c5F)C(=O)C4(Cl)C3c3ccc(O)cc3)C2C1=O. The van der Waals surface area contributed by atoms with E-state index in [2.05, 4.69) is 0 Å². The monoisotopic (exact) mass is 642 g/mol. The molecule has 7 nitrogen and oxygen atoms in total. The molecule has 2 saturated heterocycles. The molecule has 2 aliphatic heterocycles. The van der Waals surface area contributed by atoms with Crippen LogP contribution in [0.3, 0.4) is 0 Å². The number of imide groups is 2. The molecular formula is C29H21Cl2F5N2O5. The maximum absolute atomic E-state index is 15.0. The molecule has 0 radical (unpaired) electrons. The number of allylic oxidation sites excluding steroid dienone is 2. The van der Waals surface area contributed by atoms with Crippen LogP contribution in [0.5, 0.6) is 5.75 Å². The molecule has 226 valence electrons. The van der Waals surface area contributed by atoms with Gasteiger partial charge in [0.15, 0.2) is 33.0 Å². The summed E-state index contributed by atoms with van der Waals surface area (Å²) in [6.07, 6.45) is 1.60. The Hall–Kier alpha value is -3.51. The van der Waals surface area contributed by atoms with Gasteiger partial charge in [0.2, 0.25) is 17.6 Å². The number of hydrogen-bond donors (Lipinski definition) is 1. The van der Waals surface area contributed by atoms with Gasteiger partial charge >= 0.3 is 0 Å². The van der Waals surface area contributed by atoms with E-state index in [1.807, 2.05) is 0 Å². The highest BCUT2D eigenvalue weighted by atomic mass is 35.5. The number of carbonyl (C=O) groups excluding carboxylic acids is 4. The summed E-state index contributed by atoms with van der Waals surface area (Å²) in [7, 11) is 0. The zero-order valence-electron chi connectivity index (χ0n) is 22.1. The molecule has 0 spiro atoms. The van der Waals surface area contributed by atoms with Crippen molar-refractivity contribution in [3.05, 3.63) is 70.6 Å². The van der Waals surface area contributed by atoms with Crippen molar-refractivity contribution in [2.75, 3.05) is 11.4 Å². The topological polar surface area (TPSA) is 95.0 Å². The quantitative estimate of drug-likeness (QED) is 0.126. The summed E-state index contributed by atoms with van der Waals surface area (Å²) in [5, 5.41) is 9.90. The first-order chi connectivity index (χ1) is 20.2. The number of amides is 4. The van der Waals surface area contributed by atoms with Crippen LogP contribution in [0.1, 0.15) is 37.7 Å². The first-order valence-corrected chi connectivity index (χ1v) is 14.1. The van der Waals surface area contributed by atoms with Crippen LogP contribution in [0, 0.1) is 46.8 Å². The van der Waals surface area contributed by atoms with Gasteiger partial charge in [-0.25, -0.2) is 26.9 Å². The lowest BCUT2D eigenvalue weighted by molar-refractivity contribution is -0.140. The minimum atomic E-state index is -2.59. The summed E-state index contributed by atoms with van der Waals surface area (Å²) in [4.78, 5) is 50.6. The van der Waals surface area contributed by atoms with Crippen LogP contribution in [0.2, 0.25) is 0 Å². The van der Waals surface area contributed by atoms with Crippen molar-refractivity contribution in [2.24, 2.45) is 17.8 Å². The van der Waals surface area contributed by atoms with E-state index < -0.39 is 98.2 Å². The van der Waals surface area contributed by atoms with Crippen molar-refractivity contribution < 1.29 is 46.2 Å². The fourth-order valence-corrected chi connectivity index (χ4v) is 8.05. The molecule has 14 heteroatoms. The Morgan fingerprint density at radius 3 is 2.02 bits per heavy atom. The van der Waals surface area contributed by atoms with Crippen LogP contribution >= 0.6 is 23.2 Å². The number of halogens is 7. The summed E-state index contributed by atoms with van der Waals surface area (Å²) in [6.45, 7) is 1.92. The molecule has 2 aliphatic carbocycles. The van der Waals surface area contributed by atoms with E-state index in [0.717, 1.165) is 4.90 Å². The third-order valence-electron chi connectivity index (χ3n) is 8.99. The molecule has 1 saturated carbocycles. The van der Waals surface area contributed by atoms with E-state index in [9.17, 15) is 46.2 Å². The lowest BCUT2D eigenvalue weighted by Crippen LogP contribution is -2.60. The number of anilines is 1. The Kier molecular flexibility index (Phi) is 6.70. The number of carbonyl (C=O) groups is 4. The standard InChI is InChI=1S/C29H21Cl2F5N2O5/c1-2-9-37-24(40)14-8-7-13-15(16(14)25(37)41)10-28(30)26(42)38(23-21(35)19(33)18(32)20(34)22(23)36)27(43)29(28,31)17(13)11-3-5-12(39)6-4-11/h3-7,14-17,39H,2,8-10H2,1H3. The van der Waals surface area contributed by atoms with E-state index in [-0.39, 0.29) is 29.2 Å². The number of phenols is 1. The van der Waals surface area contributed by atoms with Crippen molar-refractivity contribution in [3.8, 4) is 5.75 Å². The average Bonchev–Trinajstić information content (AvgIpc) is 3.30. The van der Waals surface area contributed by atoms with Gasteiger partial charge in [-0.1, -0.05) is 30.7 Å². The van der Waals surface area contributed by atoms with Crippen molar-refractivity contribution >= 4 is 52.5 Å². The highest BCUT2D eigenvalue weighted by Gasteiger charge is 2.77. The second-order valence-electron chi connectivity index (χ2n) is 11.1. The van der Waals surface area contributed by atoms with Gasteiger partial charge in [-0.3, -0.25) is 24.1 Å². The van der Waals surface area contributed by atoms with Crippen molar-refractivity contribution in [3.63, 3.8) is 0 Å². The van der Waals surface area contributed by atoms with E-state index in [1.54, 1.807) is 13.0 Å². The highest BCUT2D eigenvalue weighted by Crippen LogP contribution is 2.66. The van der Waals surface area contributed by atoms with Gasteiger partial charge in [0, 0.05) is 12.5 Å². The smallest absolute Gasteiger partial charge is 0.258 e. The van der Waals surface area contributed by atoms with Gasteiger partial charge in [0.1, 0.15) is 11.4 Å². The first-order valence-electron chi connectivity index (χ1n) is 13.3. The molecule has 4 aliphatic rings. The number of hydrogen-bond acceptors (Lipinski definition) is 5. The summed E-state index contributed by atoms with van der Waals surface area (Å²) in [5.74, 6) is -20.5. The van der Waals surface area contributed by atoms with E-state index >= 15 is 0 Å². The number of nitrogens with zero attached hydrogens (tertiary/aromatic N) is 2. The summed E-state index contributed by atoms with van der Waals surface area (Å²) < 4.78 is 72.3. The molecule has 0 aromatic heterocycles. The maximum atomic E-state index is 15.0. The number of benzene rings is 2. The number of aromatic hydroxyl groups is 1. The molecule has 43 heavy (non-hydrogen) atoms. The molecule has 6 atom stereocenters. The van der Waals surface area contributed by atoms with Crippen LogP contribution in [0.25, 0.3) is 0 Å². The normalized spacial score (nSPS) is 31.8. The van der Waals surface area contributed by atoms with Gasteiger partial charge in [-0.05, 0) is 42.9 Å². The van der Waals surface area contributed by atoms with Gasteiger partial charge in [-0.15, -0.1) is 23.2 Å². The Balaban J connectivity index is 1.58. The van der Waals surface area contributed by atoms with Crippen LogP contribution in [0.4, 0.5) is 27.6 Å². The lowest BCUT2D eigenvalue weighted by atomic mass is 9.56. The molecule has 6 unspecified atom stereocenters. The van der Waals surface area contributed by atoms with Gasteiger partial charge < -0.3 is 5.11 Å². The lowest BCUT2D eigenvalue weighted by Gasteiger charge is -2.50. The Morgan fingerprint density at radius 1 is 0.860 bits per heavy atom. The molecule has 1 N–H and O–H groups in total. The Morgan fingerprint density at radius 2 is 1.44 bits per heavy atom. The van der Waals surface area contributed by atoms with Crippen LogP contribution in [0.15, 0.2) is 35.9 Å². The summed E-state index contributed by atoms with van der Waals surface area (Å²) in [5.41, 5.74) is -1.28.